The van der Waals surface area contributed by atoms with Gasteiger partial charge in [0, 0.05) is 23.9 Å². The van der Waals surface area contributed by atoms with Crippen LogP contribution in [0.2, 0.25) is 0 Å². The van der Waals surface area contributed by atoms with E-state index >= 15 is 0 Å². The van der Waals surface area contributed by atoms with Crippen LogP contribution >= 0.6 is 23.1 Å². The molecule has 0 spiro atoms. The summed E-state index contributed by atoms with van der Waals surface area (Å²) in [5.41, 5.74) is 5.31. The SMILES string of the molecule is CCNC(=O)ON=C(C(=O)NC1C(=O)N2C(C(=O)O)=C(C[n+]3cccc4ccsc43)CS[C@@H]12)c1noc(N)n1. The summed E-state index contributed by atoms with van der Waals surface area (Å²) in [7, 11) is 0. The molecule has 5 heterocycles. The molecule has 17 heteroatoms. The van der Waals surface area contributed by atoms with Crippen LogP contribution in [-0.4, -0.2) is 73.4 Å². The van der Waals surface area contributed by atoms with Crippen molar-refractivity contribution in [2.24, 2.45) is 5.16 Å². The molecule has 1 fully saturated rings. The van der Waals surface area contributed by atoms with Gasteiger partial charge in [-0.2, -0.15) is 9.55 Å². The lowest BCUT2D eigenvalue weighted by Crippen LogP contribution is -2.71. The number of amides is 3. The van der Waals surface area contributed by atoms with Gasteiger partial charge >= 0.3 is 18.1 Å². The van der Waals surface area contributed by atoms with Crippen molar-refractivity contribution in [1.29, 1.82) is 0 Å². The molecule has 3 aromatic heterocycles. The van der Waals surface area contributed by atoms with Gasteiger partial charge in [-0.1, -0.05) is 21.6 Å². The van der Waals surface area contributed by atoms with Gasteiger partial charge in [-0.15, -0.1) is 11.8 Å². The van der Waals surface area contributed by atoms with Gasteiger partial charge in [0.2, 0.25) is 11.5 Å². The fourth-order valence-electron chi connectivity index (χ4n) is 4.11. The maximum absolute atomic E-state index is 13.1. The van der Waals surface area contributed by atoms with Crippen LogP contribution in [0.5, 0.6) is 0 Å². The first-order valence-corrected chi connectivity index (χ1v) is 13.4. The number of nitrogens with one attached hydrogen (secondary N) is 2. The zero-order chi connectivity index (χ0) is 27.7. The number of hydrogen-bond acceptors (Lipinski definition) is 12. The second kappa shape index (κ2) is 10.7. The number of fused-ring (bicyclic) bond motifs is 2. The van der Waals surface area contributed by atoms with E-state index in [2.05, 4.69) is 35.3 Å². The van der Waals surface area contributed by atoms with E-state index in [0.29, 0.717) is 11.3 Å². The Morgan fingerprint density at radius 2 is 2.21 bits per heavy atom. The summed E-state index contributed by atoms with van der Waals surface area (Å²) in [6.07, 6.45) is 0.921. The number of carbonyl (C=O) groups is 4. The first-order valence-electron chi connectivity index (χ1n) is 11.5. The second-order valence-corrected chi connectivity index (χ2v) is 10.2. The van der Waals surface area contributed by atoms with E-state index in [9.17, 15) is 24.3 Å². The summed E-state index contributed by atoms with van der Waals surface area (Å²) in [6.45, 7) is 2.19. The molecule has 1 saturated heterocycles. The molecule has 1 unspecified atom stereocenters. The van der Waals surface area contributed by atoms with E-state index in [1.807, 2.05) is 34.3 Å². The number of β-lactam (4-membered cyclic amide) rings is 1. The monoisotopic (exact) mass is 573 g/mol. The highest BCUT2D eigenvalue weighted by Gasteiger charge is 2.55. The van der Waals surface area contributed by atoms with Crippen LogP contribution < -0.4 is 20.9 Å². The highest BCUT2D eigenvalue weighted by atomic mass is 32.2. The number of carboxylic acid groups (broad SMARTS) is 1. The van der Waals surface area contributed by atoms with Gasteiger partial charge in [0.1, 0.15) is 17.1 Å². The Morgan fingerprint density at radius 3 is 2.92 bits per heavy atom. The first kappa shape index (κ1) is 26.1. The molecule has 0 aliphatic carbocycles. The van der Waals surface area contributed by atoms with Crippen molar-refractivity contribution in [1.82, 2.24) is 25.7 Å². The molecule has 0 saturated carbocycles. The lowest BCUT2D eigenvalue weighted by atomic mass is 10.0. The highest BCUT2D eigenvalue weighted by molar-refractivity contribution is 8.00. The Morgan fingerprint density at radius 1 is 1.38 bits per heavy atom. The van der Waals surface area contributed by atoms with Gasteiger partial charge in [-0.25, -0.2) is 9.59 Å². The van der Waals surface area contributed by atoms with E-state index in [0.717, 1.165) is 10.2 Å². The van der Waals surface area contributed by atoms with Crippen LogP contribution in [0.1, 0.15) is 12.7 Å². The lowest BCUT2D eigenvalue weighted by molar-refractivity contribution is -0.661. The molecule has 39 heavy (non-hydrogen) atoms. The summed E-state index contributed by atoms with van der Waals surface area (Å²) in [4.78, 5) is 60.6. The average Bonchev–Trinajstić information content (AvgIpc) is 3.56. The van der Waals surface area contributed by atoms with Crippen molar-refractivity contribution in [3.8, 4) is 0 Å². The number of hydrogen-bond donors (Lipinski definition) is 4. The number of carboxylic acids is 1. The molecule has 202 valence electrons. The third-order valence-electron chi connectivity index (χ3n) is 5.78. The van der Waals surface area contributed by atoms with E-state index < -0.39 is 41.0 Å². The summed E-state index contributed by atoms with van der Waals surface area (Å²) in [5, 5.41) is 24.2. The Balaban J connectivity index is 1.36. The number of anilines is 1. The number of nitrogens with zero attached hydrogens (tertiary/aromatic N) is 5. The Labute approximate surface area is 227 Å². The molecule has 5 rings (SSSR count). The number of oxime groups is 1. The second-order valence-electron chi connectivity index (χ2n) is 8.24. The molecule has 2 aliphatic rings. The molecular weight excluding hydrogens is 552 g/mol. The molecule has 5 N–H and O–H groups in total. The summed E-state index contributed by atoms with van der Waals surface area (Å²) in [6, 6.07) is 4.38. The van der Waals surface area contributed by atoms with E-state index in [4.69, 9.17) is 5.73 Å². The minimum atomic E-state index is -1.24. The van der Waals surface area contributed by atoms with Crippen LogP contribution in [0.25, 0.3) is 10.2 Å². The molecule has 2 atom stereocenters. The van der Waals surface area contributed by atoms with Gasteiger partial charge in [-0.05, 0) is 24.4 Å². The van der Waals surface area contributed by atoms with Gasteiger partial charge in [0.15, 0.2) is 12.7 Å². The number of nitrogens with two attached hydrogens (primary N) is 1. The topological polar surface area (TPSA) is 206 Å². The number of carbonyl (C=O) groups excluding carboxylic acids is 3. The Hall–Kier alpha value is -4.51. The molecule has 15 nitrogen and oxygen atoms in total. The maximum Gasteiger partial charge on any atom is 0.433 e. The summed E-state index contributed by atoms with van der Waals surface area (Å²) in [5.74, 6) is -2.87. The third kappa shape index (κ3) is 5.00. The van der Waals surface area contributed by atoms with Crippen LogP contribution in [-0.2, 0) is 25.8 Å². The molecule has 2 aliphatic heterocycles. The van der Waals surface area contributed by atoms with Gasteiger partial charge in [0.25, 0.3) is 16.6 Å². The number of thiophene rings is 1. The van der Waals surface area contributed by atoms with Crippen LogP contribution in [0.4, 0.5) is 10.8 Å². The number of aliphatic carboxylic acids is 1. The van der Waals surface area contributed by atoms with Crippen molar-refractivity contribution in [3.05, 3.63) is 46.9 Å². The van der Waals surface area contributed by atoms with Crippen molar-refractivity contribution in [2.75, 3.05) is 18.0 Å². The van der Waals surface area contributed by atoms with Crippen molar-refractivity contribution >= 4 is 68.9 Å². The molecule has 0 aromatic carbocycles. The van der Waals surface area contributed by atoms with E-state index in [1.54, 1.807) is 6.92 Å². The zero-order valence-electron chi connectivity index (χ0n) is 20.2. The number of pyridine rings is 1. The van der Waals surface area contributed by atoms with Crippen molar-refractivity contribution in [3.63, 3.8) is 0 Å². The number of aromatic nitrogens is 3. The van der Waals surface area contributed by atoms with Crippen LogP contribution in [0, 0.1) is 0 Å². The maximum atomic E-state index is 13.1. The van der Waals surface area contributed by atoms with E-state index in [1.165, 1.54) is 28.0 Å². The third-order valence-corrected chi connectivity index (χ3v) is 8.09. The largest absolute Gasteiger partial charge is 0.477 e. The predicted octanol–water partition coefficient (Wildman–Crippen LogP) is 0.0430. The van der Waals surface area contributed by atoms with Gasteiger partial charge < -0.3 is 26.0 Å². The minimum Gasteiger partial charge on any atom is -0.477 e. The fourth-order valence-corrected chi connectivity index (χ4v) is 6.33. The van der Waals surface area contributed by atoms with Crippen LogP contribution in [0.3, 0.4) is 0 Å². The average molecular weight is 574 g/mol. The molecule has 3 aromatic rings. The lowest BCUT2D eigenvalue weighted by Gasteiger charge is -2.49. The number of thioether (sulfide) groups is 1. The van der Waals surface area contributed by atoms with Gasteiger partial charge in [-0.3, -0.25) is 19.3 Å². The Kier molecular flexibility index (Phi) is 7.16. The smallest absolute Gasteiger partial charge is 0.433 e. The van der Waals surface area contributed by atoms with E-state index in [-0.39, 0.29) is 30.6 Å². The number of nitrogen functional groups attached to an aromatic ring is 1. The van der Waals surface area contributed by atoms with Crippen molar-refractivity contribution in [2.45, 2.75) is 24.9 Å². The molecule has 0 bridgehead atoms. The number of rotatable bonds is 8. The molecule has 3 amide bonds. The quantitative estimate of drug-likeness (QED) is 0.0930. The van der Waals surface area contributed by atoms with Gasteiger partial charge in [0.05, 0.1) is 5.39 Å². The zero-order valence-corrected chi connectivity index (χ0v) is 21.8. The van der Waals surface area contributed by atoms with Crippen LogP contribution in [0.15, 0.2) is 50.7 Å². The predicted molar refractivity (Wildman–Crippen MR) is 137 cm³/mol. The molecular formula is C22H21N8O7S2+. The highest BCUT2D eigenvalue weighted by Crippen LogP contribution is 2.40. The first-order chi connectivity index (χ1) is 18.8. The standard InChI is InChI=1S/C22H20N8O7S2/c1-2-24-22(35)37-27-12(15-26-21(23)36-28-15)16(31)25-13-17(32)30-14(20(33)34)11(9-39-19(13)30)8-29-6-3-4-10-5-7-38-18(10)29/h3-7,13,19H,2,8-9H2,1H3,(H4-,23,24,25,26,28,31,33,34,35)/p+1/t13?,19-/m0/s1. The molecule has 0 radical (unpaired) electrons. The minimum absolute atomic E-state index is 0.116. The normalized spacial score (nSPS) is 18.9. The fraction of sp³-hybridized carbons (Fsp3) is 0.273. The van der Waals surface area contributed by atoms with Crippen molar-refractivity contribution < 1.29 is 38.2 Å². The summed E-state index contributed by atoms with van der Waals surface area (Å²) >= 11 is 2.85. The Bertz CT molecular complexity index is 1550. The summed E-state index contributed by atoms with van der Waals surface area (Å²) < 4.78 is 6.61.